The summed E-state index contributed by atoms with van der Waals surface area (Å²) in [7, 11) is 0. The second-order valence-corrected chi connectivity index (χ2v) is 4.13. The Morgan fingerprint density at radius 1 is 1.00 bits per heavy atom. The van der Waals surface area contributed by atoms with Gasteiger partial charge in [0.05, 0.1) is 27.0 Å². The highest BCUT2D eigenvalue weighted by atomic mass is 16.6. The molecule has 21 heavy (non-hydrogen) atoms. The van der Waals surface area contributed by atoms with Crippen molar-refractivity contribution in [3.8, 4) is 11.1 Å². The number of non-ortho nitro benzene ring substituents is 1. The average molecular weight is 287 g/mol. The number of nitrogens with zero attached hydrogens (tertiary/aromatic N) is 2. The molecule has 2 aromatic carbocycles. The molecule has 0 saturated carbocycles. The number of benzene rings is 2. The molecule has 0 radical (unpaired) electrons. The van der Waals surface area contributed by atoms with E-state index in [2.05, 4.69) is 0 Å². The minimum absolute atomic E-state index is 0.0290. The quantitative estimate of drug-likeness (QED) is 0.680. The highest BCUT2D eigenvalue weighted by Crippen LogP contribution is 2.36. The number of hydrogen-bond donors (Lipinski definition) is 1. The van der Waals surface area contributed by atoms with Crippen molar-refractivity contribution in [2.24, 2.45) is 5.73 Å². The third kappa shape index (κ3) is 2.68. The summed E-state index contributed by atoms with van der Waals surface area (Å²) in [4.78, 5) is 31.9. The van der Waals surface area contributed by atoms with Crippen molar-refractivity contribution in [2.45, 2.75) is 0 Å². The van der Waals surface area contributed by atoms with Gasteiger partial charge < -0.3 is 5.73 Å². The Balaban J connectivity index is 2.86. The number of nitro benzene ring substituents is 2. The molecule has 0 spiro atoms. The summed E-state index contributed by atoms with van der Waals surface area (Å²) in [5, 5.41) is 22.0. The molecule has 0 aliphatic heterocycles. The lowest BCUT2D eigenvalue weighted by Crippen LogP contribution is -2.14. The molecule has 0 aliphatic rings. The van der Waals surface area contributed by atoms with Crippen LogP contribution in [0.1, 0.15) is 10.4 Å². The normalized spacial score (nSPS) is 10.1. The second kappa shape index (κ2) is 5.37. The van der Waals surface area contributed by atoms with E-state index in [0.29, 0.717) is 5.56 Å². The number of nitro groups is 2. The lowest BCUT2D eigenvalue weighted by atomic mass is 9.96. The summed E-state index contributed by atoms with van der Waals surface area (Å²) in [5.74, 6) is -0.972. The molecule has 2 rings (SSSR count). The lowest BCUT2D eigenvalue weighted by molar-refractivity contribution is -0.393. The fourth-order valence-corrected chi connectivity index (χ4v) is 1.96. The van der Waals surface area contributed by atoms with Gasteiger partial charge in [-0.25, -0.2) is 0 Å². The number of hydrogen-bond acceptors (Lipinski definition) is 5. The Morgan fingerprint density at radius 2 is 1.62 bits per heavy atom. The molecule has 0 fully saturated rings. The van der Waals surface area contributed by atoms with Gasteiger partial charge in [-0.3, -0.25) is 25.0 Å². The van der Waals surface area contributed by atoms with E-state index in [0.717, 1.165) is 12.1 Å². The molecule has 0 bridgehead atoms. The molecule has 2 aromatic rings. The van der Waals surface area contributed by atoms with Gasteiger partial charge in [-0.2, -0.15) is 0 Å². The molecule has 0 aromatic heterocycles. The minimum Gasteiger partial charge on any atom is -0.366 e. The molecular weight excluding hydrogens is 278 g/mol. The summed E-state index contributed by atoms with van der Waals surface area (Å²) in [6.45, 7) is 0. The summed E-state index contributed by atoms with van der Waals surface area (Å²) < 4.78 is 0. The van der Waals surface area contributed by atoms with Gasteiger partial charge in [-0.05, 0) is 5.56 Å². The van der Waals surface area contributed by atoms with Crippen LogP contribution in [0, 0.1) is 20.2 Å². The smallest absolute Gasteiger partial charge is 0.284 e. The maximum Gasteiger partial charge on any atom is 0.284 e. The SMILES string of the molecule is NC(=O)c1cc([N+](=O)[O-])cc([N+](=O)[O-])c1-c1ccccc1. The molecule has 2 N–H and O–H groups in total. The molecule has 0 saturated heterocycles. The van der Waals surface area contributed by atoms with Gasteiger partial charge in [0, 0.05) is 6.07 Å². The van der Waals surface area contributed by atoms with Gasteiger partial charge in [-0.15, -0.1) is 0 Å². The molecule has 0 aliphatic carbocycles. The first-order chi connectivity index (χ1) is 9.91. The predicted molar refractivity (Wildman–Crippen MR) is 73.7 cm³/mol. The van der Waals surface area contributed by atoms with Crippen LogP contribution < -0.4 is 5.73 Å². The Hall–Kier alpha value is -3.29. The van der Waals surface area contributed by atoms with Gasteiger partial charge >= 0.3 is 0 Å². The van der Waals surface area contributed by atoms with Crippen molar-refractivity contribution >= 4 is 17.3 Å². The second-order valence-electron chi connectivity index (χ2n) is 4.13. The van der Waals surface area contributed by atoms with E-state index in [1.54, 1.807) is 30.3 Å². The van der Waals surface area contributed by atoms with E-state index < -0.39 is 27.1 Å². The fourth-order valence-electron chi connectivity index (χ4n) is 1.96. The largest absolute Gasteiger partial charge is 0.366 e. The van der Waals surface area contributed by atoms with Gasteiger partial charge in [0.15, 0.2) is 0 Å². The van der Waals surface area contributed by atoms with Crippen LogP contribution in [0.5, 0.6) is 0 Å². The van der Waals surface area contributed by atoms with Crippen molar-refractivity contribution in [3.63, 3.8) is 0 Å². The van der Waals surface area contributed by atoms with E-state index in [1.807, 2.05) is 0 Å². The van der Waals surface area contributed by atoms with Crippen molar-refractivity contribution in [1.82, 2.24) is 0 Å². The maximum atomic E-state index is 11.5. The van der Waals surface area contributed by atoms with E-state index >= 15 is 0 Å². The van der Waals surface area contributed by atoms with Crippen LogP contribution in [0.2, 0.25) is 0 Å². The number of primary amides is 1. The third-order valence-corrected chi connectivity index (χ3v) is 2.84. The lowest BCUT2D eigenvalue weighted by Gasteiger charge is -2.08. The van der Waals surface area contributed by atoms with Crippen LogP contribution in [0.15, 0.2) is 42.5 Å². The molecular formula is C13H9N3O5. The molecule has 8 nitrogen and oxygen atoms in total. The molecule has 0 unspecified atom stereocenters. The van der Waals surface area contributed by atoms with Gasteiger partial charge in [0.1, 0.15) is 0 Å². The monoisotopic (exact) mass is 287 g/mol. The van der Waals surface area contributed by atoms with Crippen LogP contribution >= 0.6 is 0 Å². The van der Waals surface area contributed by atoms with E-state index in [9.17, 15) is 25.0 Å². The highest BCUT2D eigenvalue weighted by Gasteiger charge is 2.27. The standard InChI is InChI=1S/C13H9N3O5/c14-13(17)10-6-9(15(18)19)7-11(16(20)21)12(10)8-4-2-1-3-5-8/h1-7H,(H2,14,17). The zero-order valence-electron chi connectivity index (χ0n) is 10.6. The Bertz CT molecular complexity index is 708. The fraction of sp³-hybridized carbons (Fsp3) is 0. The summed E-state index contributed by atoms with van der Waals surface area (Å²) >= 11 is 0. The number of nitrogens with two attached hydrogens (primary N) is 1. The van der Waals surface area contributed by atoms with Crippen LogP contribution in [0.3, 0.4) is 0 Å². The molecule has 0 atom stereocenters. The Kier molecular flexibility index (Phi) is 3.61. The average Bonchev–Trinajstić information content (AvgIpc) is 2.46. The van der Waals surface area contributed by atoms with Gasteiger partial charge in [-0.1, -0.05) is 30.3 Å². The predicted octanol–water partition coefficient (Wildman–Crippen LogP) is 2.27. The molecule has 0 heterocycles. The first-order valence-corrected chi connectivity index (χ1v) is 5.74. The summed E-state index contributed by atoms with van der Waals surface area (Å²) in [6.07, 6.45) is 0. The maximum absolute atomic E-state index is 11.5. The number of amides is 1. The van der Waals surface area contributed by atoms with Crippen molar-refractivity contribution < 1.29 is 14.6 Å². The van der Waals surface area contributed by atoms with E-state index in [-0.39, 0.29) is 11.1 Å². The molecule has 8 heteroatoms. The van der Waals surface area contributed by atoms with E-state index in [1.165, 1.54) is 0 Å². The third-order valence-electron chi connectivity index (χ3n) is 2.84. The topological polar surface area (TPSA) is 129 Å². The van der Waals surface area contributed by atoms with Gasteiger partial charge in [0.25, 0.3) is 11.4 Å². The van der Waals surface area contributed by atoms with Crippen molar-refractivity contribution in [2.75, 3.05) is 0 Å². The first-order valence-electron chi connectivity index (χ1n) is 5.74. The van der Waals surface area contributed by atoms with Crippen molar-refractivity contribution in [1.29, 1.82) is 0 Å². The molecule has 106 valence electrons. The number of rotatable bonds is 4. The minimum atomic E-state index is -0.972. The van der Waals surface area contributed by atoms with Crippen LogP contribution in [0.25, 0.3) is 11.1 Å². The van der Waals surface area contributed by atoms with Crippen molar-refractivity contribution in [3.05, 3.63) is 68.3 Å². The first kappa shape index (κ1) is 14.1. The summed E-state index contributed by atoms with van der Waals surface area (Å²) in [6, 6.07) is 9.83. The van der Waals surface area contributed by atoms with Gasteiger partial charge in [0.2, 0.25) is 5.91 Å². The zero-order chi connectivity index (χ0) is 15.6. The van der Waals surface area contributed by atoms with Crippen LogP contribution in [0.4, 0.5) is 11.4 Å². The zero-order valence-corrected chi connectivity index (χ0v) is 10.6. The van der Waals surface area contributed by atoms with Crippen LogP contribution in [-0.4, -0.2) is 15.8 Å². The van der Waals surface area contributed by atoms with E-state index in [4.69, 9.17) is 5.73 Å². The Morgan fingerprint density at radius 3 is 2.10 bits per heavy atom. The number of carbonyl (C=O) groups is 1. The summed E-state index contributed by atoms with van der Waals surface area (Å²) in [5.41, 5.74) is 4.20. The number of carbonyl (C=O) groups excluding carboxylic acids is 1. The Labute approximate surface area is 118 Å². The highest BCUT2D eigenvalue weighted by molar-refractivity contribution is 6.03. The van der Waals surface area contributed by atoms with Crippen LogP contribution in [-0.2, 0) is 0 Å². The molecule has 1 amide bonds.